The molecule has 2 rings (SSSR count). The van der Waals surface area contributed by atoms with Crippen LogP contribution in [0.3, 0.4) is 0 Å². The third kappa shape index (κ3) is 3.12. The average Bonchev–Trinajstić information content (AvgIpc) is 2.43. The molecule has 4 nitrogen and oxygen atoms in total. The molecule has 1 aromatic rings. The summed E-state index contributed by atoms with van der Waals surface area (Å²) in [6.07, 6.45) is 1.91. The van der Waals surface area contributed by atoms with Crippen molar-refractivity contribution in [1.82, 2.24) is 0 Å². The van der Waals surface area contributed by atoms with Crippen LogP contribution in [0.4, 0.5) is 5.69 Å². The fourth-order valence-electron chi connectivity index (χ4n) is 2.47. The second-order valence-corrected chi connectivity index (χ2v) is 5.73. The predicted octanol–water partition coefficient (Wildman–Crippen LogP) is 2.35. The van der Waals surface area contributed by atoms with Gasteiger partial charge >= 0.3 is 0 Å². The molecule has 1 atom stereocenters. The molecule has 1 unspecified atom stereocenters. The number of ether oxygens (including phenoxy) is 1. The number of fused-ring (bicyclic) bond motifs is 1. The van der Waals surface area contributed by atoms with Gasteiger partial charge in [-0.2, -0.15) is 0 Å². The van der Waals surface area contributed by atoms with Gasteiger partial charge < -0.3 is 15.4 Å². The van der Waals surface area contributed by atoms with E-state index in [9.17, 15) is 4.79 Å². The van der Waals surface area contributed by atoms with Crippen molar-refractivity contribution >= 4 is 11.6 Å². The Kier molecular flexibility index (Phi) is 4.65. The molecule has 0 saturated carbocycles. The SMILES string of the molecule is CC1CN(C(=O)C(C)C)c2cc(CCCN)ccc2O1. The van der Waals surface area contributed by atoms with Crippen molar-refractivity contribution in [2.75, 3.05) is 18.0 Å². The lowest BCUT2D eigenvalue weighted by atomic mass is 10.0. The van der Waals surface area contributed by atoms with E-state index in [1.54, 1.807) is 0 Å². The van der Waals surface area contributed by atoms with Crippen molar-refractivity contribution in [3.05, 3.63) is 23.8 Å². The minimum atomic E-state index is -0.0131. The summed E-state index contributed by atoms with van der Waals surface area (Å²) in [5.74, 6) is 0.937. The second kappa shape index (κ2) is 6.27. The Balaban J connectivity index is 2.32. The van der Waals surface area contributed by atoms with E-state index in [4.69, 9.17) is 10.5 Å². The molecule has 0 fully saturated rings. The van der Waals surface area contributed by atoms with Crippen LogP contribution in [0, 0.1) is 5.92 Å². The van der Waals surface area contributed by atoms with Gasteiger partial charge in [0.05, 0.1) is 12.2 Å². The van der Waals surface area contributed by atoms with Gasteiger partial charge in [-0.1, -0.05) is 19.9 Å². The molecule has 1 aliphatic heterocycles. The monoisotopic (exact) mass is 276 g/mol. The van der Waals surface area contributed by atoms with E-state index in [-0.39, 0.29) is 17.9 Å². The molecule has 1 amide bonds. The molecule has 0 radical (unpaired) electrons. The highest BCUT2D eigenvalue weighted by Gasteiger charge is 2.28. The van der Waals surface area contributed by atoms with Gasteiger partial charge in [-0.25, -0.2) is 0 Å². The molecule has 0 aliphatic carbocycles. The van der Waals surface area contributed by atoms with E-state index in [0.717, 1.165) is 24.3 Å². The molecule has 4 heteroatoms. The molecule has 0 aromatic heterocycles. The van der Waals surface area contributed by atoms with E-state index < -0.39 is 0 Å². The van der Waals surface area contributed by atoms with E-state index in [1.165, 1.54) is 5.56 Å². The molecule has 0 bridgehead atoms. The third-order valence-corrected chi connectivity index (χ3v) is 3.51. The van der Waals surface area contributed by atoms with Crippen molar-refractivity contribution in [2.45, 2.75) is 39.7 Å². The van der Waals surface area contributed by atoms with E-state index in [1.807, 2.05) is 31.7 Å². The van der Waals surface area contributed by atoms with Gasteiger partial charge in [-0.05, 0) is 44.0 Å². The molecular formula is C16H24N2O2. The summed E-state index contributed by atoms with van der Waals surface area (Å²) >= 11 is 0. The molecule has 1 heterocycles. The first-order chi connectivity index (χ1) is 9.52. The fourth-order valence-corrected chi connectivity index (χ4v) is 2.47. The zero-order valence-electron chi connectivity index (χ0n) is 12.6. The molecule has 20 heavy (non-hydrogen) atoms. The van der Waals surface area contributed by atoms with Crippen molar-refractivity contribution in [2.24, 2.45) is 11.7 Å². The van der Waals surface area contributed by atoms with Crippen LogP contribution in [-0.2, 0) is 11.2 Å². The number of hydrogen-bond donors (Lipinski definition) is 1. The minimum Gasteiger partial charge on any atom is -0.487 e. The number of nitrogens with zero attached hydrogens (tertiary/aromatic N) is 1. The number of rotatable bonds is 4. The van der Waals surface area contributed by atoms with Gasteiger partial charge in [-0.3, -0.25) is 4.79 Å². The Morgan fingerprint density at radius 1 is 1.50 bits per heavy atom. The lowest BCUT2D eigenvalue weighted by Gasteiger charge is -2.34. The van der Waals surface area contributed by atoms with E-state index >= 15 is 0 Å². The quantitative estimate of drug-likeness (QED) is 0.918. The standard InChI is InChI=1S/C16H24N2O2/c1-11(2)16(19)18-10-12(3)20-15-7-6-13(5-4-8-17)9-14(15)18/h6-7,9,11-12H,4-5,8,10,17H2,1-3H3. The van der Waals surface area contributed by atoms with Crippen LogP contribution in [0.25, 0.3) is 0 Å². The van der Waals surface area contributed by atoms with Crippen LogP contribution in [-0.4, -0.2) is 25.1 Å². The van der Waals surface area contributed by atoms with Crippen molar-refractivity contribution in [3.8, 4) is 5.75 Å². The maximum Gasteiger partial charge on any atom is 0.229 e. The van der Waals surface area contributed by atoms with Gasteiger partial charge in [0.25, 0.3) is 0 Å². The minimum absolute atomic E-state index is 0.0131. The molecule has 1 aliphatic rings. The van der Waals surface area contributed by atoms with Gasteiger partial charge in [-0.15, -0.1) is 0 Å². The Bertz CT molecular complexity index is 485. The summed E-state index contributed by atoms with van der Waals surface area (Å²) in [5, 5.41) is 0. The average molecular weight is 276 g/mol. The molecule has 2 N–H and O–H groups in total. The van der Waals surface area contributed by atoms with Crippen molar-refractivity contribution < 1.29 is 9.53 Å². The number of benzene rings is 1. The lowest BCUT2D eigenvalue weighted by molar-refractivity contribution is -0.121. The Hall–Kier alpha value is -1.55. The largest absolute Gasteiger partial charge is 0.487 e. The lowest BCUT2D eigenvalue weighted by Crippen LogP contribution is -2.44. The number of hydrogen-bond acceptors (Lipinski definition) is 3. The topological polar surface area (TPSA) is 55.6 Å². The number of anilines is 1. The highest BCUT2D eigenvalue weighted by molar-refractivity contribution is 5.96. The summed E-state index contributed by atoms with van der Waals surface area (Å²) in [7, 11) is 0. The van der Waals surface area contributed by atoms with Crippen LogP contribution >= 0.6 is 0 Å². The van der Waals surface area contributed by atoms with Crippen LogP contribution in [0.2, 0.25) is 0 Å². The molecule has 0 saturated heterocycles. The molecular weight excluding hydrogens is 252 g/mol. The zero-order chi connectivity index (χ0) is 14.7. The third-order valence-electron chi connectivity index (χ3n) is 3.51. The van der Waals surface area contributed by atoms with Crippen molar-refractivity contribution in [1.29, 1.82) is 0 Å². The van der Waals surface area contributed by atoms with Gasteiger partial charge in [0.15, 0.2) is 0 Å². The maximum absolute atomic E-state index is 12.4. The summed E-state index contributed by atoms with van der Waals surface area (Å²) in [6.45, 7) is 7.15. The Morgan fingerprint density at radius 3 is 2.90 bits per heavy atom. The highest BCUT2D eigenvalue weighted by Crippen LogP contribution is 2.35. The number of carbonyl (C=O) groups excluding carboxylic acids is 1. The number of amides is 1. The smallest absolute Gasteiger partial charge is 0.229 e. The van der Waals surface area contributed by atoms with Gasteiger partial charge in [0.2, 0.25) is 5.91 Å². The summed E-state index contributed by atoms with van der Waals surface area (Å²) in [4.78, 5) is 14.2. The Labute approximate surface area is 120 Å². The highest BCUT2D eigenvalue weighted by atomic mass is 16.5. The summed E-state index contributed by atoms with van der Waals surface area (Å²) < 4.78 is 5.83. The first-order valence-electron chi connectivity index (χ1n) is 7.34. The zero-order valence-corrected chi connectivity index (χ0v) is 12.6. The van der Waals surface area contributed by atoms with Gasteiger partial charge in [0.1, 0.15) is 11.9 Å². The number of carbonyl (C=O) groups is 1. The van der Waals surface area contributed by atoms with Crippen molar-refractivity contribution in [3.63, 3.8) is 0 Å². The van der Waals surface area contributed by atoms with Crippen LogP contribution in [0.1, 0.15) is 32.8 Å². The maximum atomic E-state index is 12.4. The van der Waals surface area contributed by atoms with E-state index in [2.05, 4.69) is 12.1 Å². The fraction of sp³-hybridized carbons (Fsp3) is 0.562. The van der Waals surface area contributed by atoms with E-state index in [0.29, 0.717) is 13.1 Å². The predicted molar refractivity (Wildman–Crippen MR) is 81.1 cm³/mol. The van der Waals surface area contributed by atoms with Crippen LogP contribution in [0.15, 0.2) is 18.2 Å². The summed E-state index contributed by atoms with van der Waals surface area (Å²) in [5.41, 5.74) is 7.66. The number of nitrogens with two attached hydrogens (primary N) is 1. The normalized spacial score (nSPS) is 17.9. The van der Waals surface area contributed by atoms with Crippen LogP contribution in [0.5, 0.6) is 5.75 Å². The molecule has 1 aromatic carbocycles. The second-order valence-electron chi connectivity index (χ2n) is 5.73. The first-order valence-corrected chi connectivity index (χ1v) is 7.34. The first kappa shape index (κ1) is 14.9. The summed E-state index contributed by atoms with van der Waals surface area (Å²) in [6, 6.07) is 6.10. The Morgan fingerprint density at radius 2 is 2.25 bits per heavy atom. The molecule has 0 spiro atoms. The van der Waals surface area contributed by atoms with Gasteiger partial charge in [0, 0.05) is 5.92 Å². The molecule has 110 valence electrons. The van der Waals surface area contributed by atoms with Crippen LogP contribution < -0.4 is 15.4 Å². The number of aryl methyl sites for hydroxylation is 1.